The summed E-state index contributed by atoms with van der Waals surface area (Å²) >= 11 is 0. The van der Waals surface area contributed by atoms with Gasteiger partial charge in [0.1, 0.15) is 11.6 Å². The quantitative estimate of drug-likeness (QED) is 0.580. The highest BCUT2D eigenvalue weighted by Gasteiger charge is 2.37. The first-order chi connectivity index (χ1) is 16.2. The average Bonchev–Trinajstić information content (AvgIpc) is 2.81. The fourth-order valence-corrected chi connectivity index (χ4v) is 3.45. The molecule has 1 atom stereocenters. The maximum absolute atomic E-state index is 13.1. The van der Waals surface area contributed by atoms with Gasteiger partial charge in [-0.25, -0.2) is 15.1 Å². The van der Waals surface area contributed by atoms with Crippen LogP contribution in [0.2, 0.25) is 0 Å². The number of hydrogen-bond donors (Lipinski definition) is 2. The Bertz CT molecular complexity index is 1120. The van der Waals surface area contributed by atoms with E-state index >= 15 is 0 Å². The highest BCUT2D eigenvalue weighted by molar-refractivity contribution is 5.76. The number of allylic oxidation sites excluding steroid dienone is 1. The minimum atomic E-state index is -4.81. The maximum atomic E-state index is 13.1. The first-order valence-electron chi connectivity index (χ1n) is 10.5. The molecule has 0 spiro atoms. The first kappa shape index (κ1) is 24.7. The Labute approximate surface area is 193 Å². The second kappa shape index (κ2) is 10.8. The van der Waals surface area contributed by atoms with Crippen LogP contribution in [0.15, 0.2) is 35.5 Å². The molecule has 0 aromatic carbocycles. The Hall–Kier alpha value is -3.95. The summed E-state index contributed by atoms with van der Waals surface area (Å²) in [7, 11) is 0. The zero-order valence-corrected chi connectivity index (χ0v) is 18.3. The fourth-order valence-electron chi connectivity index (χ4n) is 3.45. The molecular weight excluding hydrogens is 453 g/mol. The summed E-state index contributed by atoms with van der Waals surface area (Å²) in [5.41, 5.74) is -2.67. The monoisotopic (exact) mass is 476 g/mol. The number of halogens is 3. The van der Waals surface area contributed by atoms with E-state index in [1.54, 1.807) is 29.1 Å². The van der Waals surface area contributed by atoms with Gasteiger partial charge in [-0.15, -0.1) is 0 Å². The van der Waals surface area contributed by atoms with Crippen molar-refractivity contribution in [3.8, 4) is 6.07 Å². The lowest BCUT2D eigenvalue weighted by molar-refractivity contribution is -0.138. The molecule has 0 saturated carbocycles. The Balaban J connectivity index is 1.45. The van der Waals surface area contributed by atoms with E-state index in [0.717, 1.165) is 6.20 Å². The third-order valence-electron chi connectivity index (χ3n) is 5.15. The Morgan fingerprint density at radius 2 is 1.94 bits per heavy atom. The molecule has 0 unspecified atom stereocenters. The van der Waals surface area contributed by atoms with Gasteiger partial charge in [0.25, 0.3) is 5.56 Å². The molecule has 1 amide bonds. The zero-order valence-electron chi connectivity index (χ0n) is 18.3. The smallest absolute Gasteiger partial charge is 0.377 e. The summed E-state index contributed by atoms with van der Waals surface area (Å²) in [6.45, 7) is 3.80. The van der Waals surface area contributed by atoms with Crippen molar-refractivity contribution in [2.75, 3.05) is 36.4 Å². The number of alkyl halides is 3. The summed E-state index contributed by atoms with van der Waals surface area (Å²) in [6.07, 6.45) is 3.04. The molecule has 13 heteroatoms. The summed E-state index contributed by atoms with van der Waals surface area (Å²) in [5.74, 6) is 0.489. The summed E-state index contributed by atoms with van der Waals surface area (Å²) in [6, 6.07) is 1.45. The number of piperazine rings is 1. The molecule has 1 saturated heterocycles. The lowest BCUT2D eigenvalue weighted by atomic mass is 10.2. The lowest BCUT2D eigenvalue weighted by Gasteiger charge is -2.34. The fraction of sp³-hybridized carbons (Fsp3) is 0.429. The van der Waals surface area contributed by atoms with Crippen LogP contribution in [0.3, 0.4) is 0 Å². The SMILES string of the molecule is C[C@@H](/C=C/CCC(=O)N1CCN(c2ncc(C#N)cn2)CC1)Nc1cn[nH]c(=O)c1C(F)(F)F. The number of hydrogen-bond acceptors (Lipinski definition) is 8. The number of nitrogens with zero attached hydrogens (tertiary/aromatic N) is 6. The summed E-state index contributed by atoms with van der Waals surface area (Å²) in [4.78, 5) is 36.0. The van der Waals surface area contributed by atoms with E-state index in [1.807, 2.05) is 11.0 Å². The second-order valence-corrected chi connectivity index (χ2v) is 7.64. The zero-order chi connectivity index (χ0) is 24.7. The van der Waals surface area contributed by atoms with Gasteiger partial charge in [-0.2, -0.15) is 23.5 Å². The molecule has 34 heavy (non-hydrogen) atoms. The van der Waals surface area contributed by atoms with Crippen LogP contribution in [-0.4, -0.2) is 63.2 Å². The van der Waals surface area contributed by atoms with E-state index in [0.29, 0.717) is 44.1 Å². The van der Waals surface area contributed by atoms with E-state index in [-0.39, 0.29) is 12.3 Å². The number of aromatic amines is 1. The molecule has 1 aliphatic heterocycles. The number of aromatic nitrogens is 4. The number of carbonyl (C=O) groups is 1. The minimum Gasteiger partial charge on any atom is -0.377 e. The predicted octanol–water partition coefficient (Wildman–Crippen LogP) is 1.94. The van der Waals surface area contributed by atoms with Crippen molar-refractivity contribution in [1.82, 2.24) is 25.1 Å². The second-order valence-electron chi connectivity index (χ2n) is 7.64. The summed E-state index contributed by atoms with van der Waals surface area (Å²) < 4.78 is 39.3. The van der Waals surface area contributed by atoms with Crippen LogP contribution in [0.5, 0.6) is 0 Å². The van der Waals surface area contributed by atoms with Gasteiger partial charge in [-0.3, -0.25) is 9.59 Å². The molecule has 180 valence electrons. The van der Waals surface area contributed by atoms with Crippen LogP contribution < -0.4 is 15.8 Å². The molecule has 3 rings (SSSR count). The van der Waals surface area contributed by atoms with Crippen LogP contribution >= 0.6 is 0 Å². The van der Waals surface area contributed by atoms with Crippen LogP contribution in [0.1, 0.15) is 30.9 Å². The van der Waals surface area contributed by atoms with E-state index in [1.165, 1.54) is 12.4 Å². The van der Waals surface area contributed by atoms with Gasteiger partial charge in [0.2, 0.25) is 11.9 Å². The van der Waals surface area contributed by atoms with E-state index in [4.69, 9.17) is 5.26 Å². The molecule has 3 heterocycles. The van der Waals surface area contributed by atoms with E-state index in [2.05, 4.69) is 20.4 Å². The minimum absolute atomic E-state index is 0.0243. The third-order valence-corrected chi connectivity index (χ3v) is 5.15. The molecule has 2 aromatic rings. The molecule has 1 fully saturated rings. The van der Waals surface area contributed by atoms with Crippen molar-refractivity contribution in [3.05, 3.63) is 52.2 Å². The Kier molecular flexibility index (Phi) is 7.83. The van der Waals surface area contributed by atoms with Gasteiger partial charge < -0.3 is 15.1 Å². The summed E-state index contributed by atoms with van der Waals surface area (Å²) in [5, 5.41) is 16.6. The number of nitriles is 1. The third kappa shape index (κ3) is 6.31. The van der Waals surface area contributed by atoms with Crippen molar-refractivity contribution in [2.24, 2.45) is 0 Å². The molecule has 2 aromatic heterocycles. The number of nitrogens with one attached hydrogen (secondary N) is 2. The molecular formula is C21H23F3N8O2. The van der Waals surface area contributed by atoms with Gasteiger partial charge >= 0.3 is 6.18 Å². The number of amides is 1. The highest BCUT2D eigenvalue weighted by atomic mass is 19.4. The molecule has 2 N–H and O–H groups in total. The van der Waals surface area contributed by atoms with Gasteiger partial charge in [-0.1, -0.05) is 12.2 Å². The average molecular weight is 476 g/mol. The number of H-pyrrole nitrogens is 1. The van der Waals surface area contributed by atoms with Crippen LogP contribution in [0, 0.1) is 11.3 Å². The van der Waals surface area contributed by atoms with Gasteiger partial charge in [0.05, 0.1) is 29.8 Å². The molecule has 0 radical (unpaired) electrons. The molecule has 0 aliphatic carbocycles. The van der Waals surface area contributed by atoms with E-state index < -0.39 is 29.0 Å². The standard InChI is InChI=1S/C21H23F3N8O2/c1-14(29-16-13-28-30-19(34)18(16)21(22,23)24)4-2-3-5-17(33)31-6-8-32(9-7-31)20-26-11-15(10-25)12-27-20/h2,4,11-14H,3,5-9H2,1H3,(H2,29,30,34)/b4-2+/t14-/m0/s1. The van der Waals surface area contributed by atoms with Crippen LogP contribution in [0.25, 0.3) is 0 Å². The molecule has 10 nitrogen and oxygen atoms in total. The van der Waals surface area contributed by atoms with Crippen molar-refractivity contribution in [1.29, 1.82) is 5.26 Å². The van der Waals surface area contributed by atoms with Crippen molar-refractivity contribution in [2.45, 2.75) is 32.0 Å². The topological polar surface area (TPSA) is 131 Å². The maximum Gasteiger partial charge on any atom is 0.423 e. The normalized spacial score (nSPS) is 15.3. The molecule has 1 aliphatic rings. The highest BCUT2D eigenvalue weighted by Crippen LogP contribution is 2.31. The van der Waals surface area contributed by atoms with Gasteiger partial charge in [0, 0.05) is 38.6 Å². The van der Waals surface area contributed by atoms with E-state index in [9.17, 15) is 22.8 Å². The van der Waals surface area contributed by atoms with Gasteiger partial charge in [0.15, 0.2) is 0 Å². The van der Waals surface area contributed by atoms with Crippen LogP contribution in [0.4, 0.5) is 24.8 Å². The number of rotatable bonds is 7. The van der Waals surface area contributed by atoms with Crippen molar-refractivity contribution >= 4 is 17.5 Å². The lowest BCUT2D eigenvalue weighted by Crippen LogP contribution is -2.49. The van der Waals surface area contributed by atoms with Crippen LogP contribution in [-0.2, 0) is 11.0 Å². The largest absolute Gasteiger partial charge is 0.423 e. The molecule has 0 bridgehead atoms. The van der Waals surface area contributed by atoms with Gasteiger partial charge in [-0.05, 0) is 13.3 Å². The number of carbonyl (C=O) groups excluding carboxylic acids is 1. The predicted molar refractivity (Wildman–Crippen MR) is 117 cm³/mol. The van der Waals surface area contributed by atoms with Crippen molar-refractivity contribution < 1.29 is 18.0 Å². The first-order valence-corrected chi connectivity index (χ1v) is 10.5. The Morgan fingerprint density at radius 3 is 2.56 bits per heavy atom. The Morgan fingerprint density at radius 1 is 1.26 bits per heavy atom. The van der Waals surface area contributed by atoms with Crippen molar-refractivity contribution in [3.63, 3.8) is 0 Å². The number of anilines is 2.